The average Bonchev–Trinajstić information content (AvgIpc) is 3.40. The summed E-state index contributed by atoms with van der Waals surface area (Å²) in [6, 6.07) is 3.68. The number of pyridine rings is 1. The molecule has 2 fully saturated rings. The number of likely N-dealkylation sites (tertiary alicyclic amines) is 1. The van der Waals surface area contributed by atoms with Gasteiger partial charge in [0, 0.05) is 38.9 Å². The Balaban J connectivity index is 1.48. The van der Waals surface area contributed by atoms with Gasteiger partial charge in [-0.05, 0) is 43.7 Å². The van der Waals surface area contributed by atoms with Crippen LogP contribution < -0.4 is 4.90 Å². The molecule has 2 aliphatic heterocycles. The summed E-state index contributed by atoms with van der Waals surface area (Å²) in [4.78, 5) is 32.5. The summed E-state index contributed by atoms with van der Waals surface area (Å²) in [7, 11) is 0. The first kappa shape index (κ1) is 18.4. The SMILES string of the molecule is O=C(O)c1cn(CC2CCCN(c3ncccc3C(=O)N3CCCC3)C2)nn1. The highest BCUT2D eigenvalue weighted by molar-refractivity contribution is 5.99. The van der Waals surface area contributed by atoms with E-state index < -0.39 is 5.97 Å². The van der Waals surface area contributed by atoms with Crippen LogP contribution in [0.2, 0.25) is 0 Å². The summed E-state index contributed by atoms with van der Waals surface area (Å²) in [5, 5.41) is 16.6. The Morgan fingerprint density at radius 2 is 2.00 bits per heavy atom. The lowest BCUT2D eigenvalue weighted by molar-refractivity contribution is 0.0689. The third kappa shape index (κ3) is 3.83. The monoisotopic (exact) mass is 384 g/mol. The zero-order valence-electron chi connectivity index (χ0n) is 15.7. The van der Waals surface area contributed by atoms with E-state index in [1.807, 2.05) is 17.0 Å². The first-order valence-corrected chi connectivity index (χ1v) is 9.74. The summed E-state index contributed by atoms with van der Waals surface area (Å²) in [5.74, 6) is 0.0166. The quantitative estimate of drug-likeness (QED) is 0.833. The fourth-order valence-corrected chi connectivity index (χ4v) is 4.06. The van der Waals surface area contributed by atoms with Crippen LogP contribution in [-0.2, 0) is 6.54 Å². The molecule has 0 saturated carbocycles. The first-order chi connectivity index (χ1) is 13.6. The molecule has 0 spiro atoms. The molecule has 2 saturated heterocycles. The van der Waals surface area contributed by atoms with Crippen molar-refractivity contribution in [2.75, 3.05) is 31.1 Å². The molecule has 1 N–H and O–H groups in total. The predicted molar refractivity (Wildman–Crippen MR) is 101 cm³/mol. The maximum Gasteiger partial charge on any atom is 0.358 e. The van der Waals surface area contributed by atoms with Crippen LogP contribution in [0.25, 0.3) is 0 Å². The molecule has 1 unspecified atom stereocenters. The van der Waals surface area contributed by atoms with Crippen molar-refractivity contribution in [3.05, 3.63) is 35.8 Å². The van der Waals surface area contributed by atoms with Crippen molar-refractivity contribution < 1.29 is 14.7 Å². The Bertz CT molecular complexity index is 861. The van der Waals surface area contributed by atoms with E-state index in [1.54, 1.807) is 10.9 Å². The number of hydrogen-bond donors (Lipinski definition) is 1. The Kier molecular flexibility index (Phi) is 5.23. The average molecular weight is 384 g/mol. The van der Waals surface area contributed by atoms with Gasteiger partial charge in [-0.2, -0.15) is 0 Å². The number of piperidine rings is 1. The number of anilines is 1. The lowest BCUT2D eigenvalue weighted by Gasteiger charge is -2.34. The van der Waals surface area contributed by atoms with Crippen LogP contribution in [0.3, 0.4) is 0 Å². The van der Waals surface area contributed by atoms with Gasteiger partial charge in [-0.3, -0.25) is 9.48 Å². The molecule has 1 atom stereocenters. The topological polar surface area (TPSA) is 104 Å². The number of carboxylic acids is 1. The van der Waals surface area contributed by atoms with Crippen molar-refractivity contribution in [1.82, 2.24) is 24.9 Å². The van der Waals surface area contributed by atoms with Crippen molar-refractivity contribution >= 4 is 17.7 Å². The maximum atomic E-state index is 12.9. The highest BCUT2D eigenvalue weighted by Gasteiger charge is 2.28. The van der Waals surface area contributed by atoms with Gasteiger partial charge < -0.3 is 14.9 Å². The number of carboxylic acid groups (broad SMARTS) is 1. The van der Waals surface area contributed by atoms with Crippen molar-refractivity contribution in [2.24, 2.45) is 5.92 Å². The van der Waals surface area contributed by atoms with Gasteiger partial charge in [-0.1, -0.05) is 5.21 Å². The minimum atomic E-state index is -1.07. The van der Waals surface area contributed by atoms with E-state index in [0.717, 1.165) is 57.7 Å². The second-order valence-electron chi connectivity index (χ2n) is 7.46. The predicted octanol–water partition coefficient (Wildman–Crippen LogP) is 1.52. The van der Waals surface area contributed by atoms with E-state index in [-0.39, 0.29) is 17.5 Å². The van der Waals surface area contributed by atoms with Crippen molar-refractivity contribution in [1.29, 1.82) is 0 Å². The Hall–Kier alpha value is -2.97. The number of carbonyl (C=O) groups is 2. The third-order valence-electron chi connectivity index (χ3n) is 5.43. The second kappa shape index (κ2) is 7.95. The smallest absolute Gasteiger partial charge is 0.358 e. The molecule has 0 bridgehead atoms. The van der Waals surface area contributed by atoms with E-state index >= 15 is 0 Å². The number of carbonyl (C=O) groups excluding carboxylic acids is 1. The van der Waals surface area contributed by atoms with Gasteiger partial charge >= 0.3 is 5.97 Å². The number of amides is 1. The summed E-state index contributed by atoms with van der Waals surface area (Å²) < 4.78 is 1.59. The molecule has 148 valence electrons. The van der Waals surface area contributed by atoms with Gasteiger partial charge in [-0.15, -0.1) is 5.10 Å². The molecule has 0 radical (unpaired) electrons. The molecule has 2 aliphatic rings. The van der Waals surface area contributed by atoms with E-state index in [0.29, 0.717) is 12.1 Å². The van der Waals surface area contributed by atoms with Gasteiger partial charge in [-0.25, -0.2) is 9.78 Å². The lowest BCUT2D eigenvalue weighted by atomic mass is 9.97. The molecular weight excluding hydrogens is 360 g/mol. The molecule has 9 heteroatoms. The van der Waals surface area contributed by atoms with Gasteiger partial charge in [0.1, 0.15) is 5.82 Å². The van der Waals surface area contributed by atoms with Crippen LogP contribution >= 0.6 is 0 Å². The van der Waals surface area contributed by atoms with Crippen LogP contribution in [-0.4, -0.2) is 68.0 Å². The molecule has 2 aromatic heterocycles. The normalized spacial score (nSPS) is 19.8. The Morgan fingerprint density at radius 3 is 2.75 bits per heavy atom. The van der Waals surface area contributed by atoms with Gasteiger partial charge in [0.05, 0.1) is 11.8 Å². The third-order valence-corrected chi connectivity index (χ3v) is 5.43. The van der Waals surface area contributed by atoms with E-state index in [9.17, 15) is 9.59 Å². The van der Waals surface area contributed by atoms with Crippen LogP contribution in [0.4, 0.5) is 5.82 Å². The number of nitrogens with zero attached hydrogens (tertiary/aromatic N) is 6. The van der Waals surface area contributed by atoms with Crippen molar-refractivity contribution in [3.63, 3.8) is 0 Å². The van der Waals surface area contributed by atoms with Crippen molar-refractivity contribution in [3.8, 4) is 0 Å². The van der Waals surface area contributed by atoms with Crippen LogP contribution in [0.5, 0.6) is 0 Å². The molecule has 2 aromatic rings. The standard InChI is InChI=1S/C19H24N6O3/c26-18(23-8-1-2-9-23)15-6-3-7-20-17(15)24-10-4-5-14(11-24)12-25-13-16(19(27)28)21-22-25/h3,6-7,13-14H,1-2,4-5,8-12H2,(H,27,28). The summed E-state index contributed by atoms with van der Waals surface area (Å²) >= 11 is 0. The first-order valence-electron chi connectivity index (χ1n) is 9.74. The van der Waals surface area contributed by atoms with Gasteiger partial charge in [0.25, 0.3) is 5.91 Å². The molecule has 0 aromatic carbocycles. The summed E-state index contributed by atoms with van der Waals surface area (Å²) in [6.07, 6.45) is 7.31. The molecule has 28 heavy (non-hydrogen) atoms. The maximum absolute atomic E-state index is 12.9. The van der Waals surface area contributed by atoms with Crippen LogP contribution in [0.1, 0.15) is 46.5 Å². The van der Waals surface area contributed by atoms with Crippen molar-refractivity contribution in [2.45, 2.75) is 32.2 Å². The fourth-order valence-electron chi connectivity index (χ4n) is 4.06. The largest absolute Gasteiger partial charge is 0.476 e. The Morgan fingerprint density at radius 1 is 1.18 bits per heavy atom. The summed E-state index contributed by atoms with van der Waals surface area (Å²) in [6.45, 7) is 3.83. The van der Waals surface area contributed by atoms with E-state index in [4.69, 9.17) is 5.11 Å². The minimum Gasteiger partial charge on any atom is -0.476 e. The van der Waals surface area contributed by atoms with Crippen LogP contribution in [0, 0.1) is 5.92 Å². The minimum absolute atomic E-state index is 0.0455. The lowest BCUT2D eigenvalue weighted by Crippen LogP contribution is -2.39. The van der Waals surface area contributed by atoms with E-state index in [1.165, 1.54) is 6.20 Å². The fraction of sp³-hybridized carbons (Fsp3) is 0.526. The Labute approximate surface area is 163 Å². The number of aromatic nitrogens is 4. The molecular formula is C19H24N6O3. The molecule has 4 heterocycles. The second-order valence-corrected chi connectivity index (χ2v) is 7.46. The number of rotatable bonds is 5. The van der Waals surface area contributed by atoms with Gasteiger partial charge in [0.15, 0.2) is 5.69 Å². The van der Waals surface area contributed by atoms with E-state index in [2.05, 4.69) is 20.2 Å². The highest BCUT2D eigenvalue weighted by Crippen LogP contribution is 2.27. The van der Waals surface area contributed by atoms with Gasteiger partial charge in [0.2, 0.25) is 0 Å². The molecule has 9 nitrogen and oxygen atoms in total. The molecule has 0 aliphatic carbocycles. The highest BCUT2D eigenvalue weighted by atomic mass is 16.4. The number of hydrogen-bond acceptors (Lipinski definition) is 6. The molecule has 1 amide bonds. The molecule has 4 rings (SSSR count). The zero-order chi connectivity index (χ0) is 19.5. The zero-order valence-corrected chi connectivity index (χ0v) is 15.7. The number of aromatic carboxylic acids is 1. The summed E-state index contributed by atoms with van der Waals surface area (Å²) in [5.41, 5.74) is 0.620. The van der Waals surface area contributed by atoms with Crippen LogP contribution in [0.15, 0.2) is 24.5 Å².